The summed E-state index contributed by atoms with van der Waals surface area (Å²) < 4.78 is 28.0. The molecular formula is C27H36O12. The minimum atomic E-state index is -1.68. The van der Waals surface area contributed by atoms with Gasteiger partial charge in [-0.1, -0.05) is 13.8 Å². The zero-order valence-electron chi connectivity index (χ0n) is 22.0. The highest BCUT2D eigenvalue weighted by Gasteiger charge is 2.66. The van der Waals surface area contributed by atoms with E-state index in [0.717, 1.165) is 0 Å². The second-order valence-electron chi connectivity index (χ2n) is 11.5. The van der Waals surface area contributed by atoms with Crippen LogP contribution in [0, 0.1) is 22.7 Å². The van der Waals surface area contributed by atoms with Gasteiger partial charge >= 0.3 is 11.9 Å². The standard InChI is InChI=1S/C27H36O12/c1-26-9-16(12-4-5-36-11-12)37-24(34)14(26)8-19(39-25-22(32)21(31)20(30)17(10-28)38-25)27(2)15(23(33)35-3)6-13(29)7-18(26)27/h4-6,11,13-14,16-22,25,28-32H,7-10H2,1-3H3/t13?,14-,16?,17?,18+,19?,20?,21?,22?,25?,26-,27+/m1/s1. The highest BCUT2D eigenvalue weighted by Crippen LogP contribution is 2.65. The second-order valence-corrected chi connectivity index (χ2v) is 11.5. The van der Waals surface area contributed by atoms with Crippen molar-refractivity contribution in [3.63, 3.8) is 0 Å². The molecule has 216 valence electrons. The van der Waals surface area contributed by atoms with Gasteiger partial charge in [-0.05, 0) is 42.7 Å². The van der Waals surface area contributed by atoms with E-state index in [1.807, 2.05) is 6.92 Å². The van der Waals surface area contributed by atoms with Gasteiger partial charge in [-0.25, -0.2) is 4.79 Å². The molecule has 0 amide bonds. The predicted molar refractivity (Wildman–Crippen MR) is 129 cm³/mol. The number of methoxy groups -OCH3 is 1. The molecule has 4 aliphatic rings. The number of furan rings is 1. The lowest BCUT2D eigenvalue weighted by Gasteiger charge is -2.62. The first-order valence-corrected chi connectivity index (χ1v) is 13.1. The number of hydrogen-bond acceptors (Lipinski definition) is 12. The Morgan fingerprint density at radius 1 is 1.13 bits per heavy atom. The lowest BCUT2D eigenvalue weighted by atomic mass is 9.44. The minimum Gasteiger partial charge on any atom is -0.472 e. The van der Waals surface area contributed by atoms with Gasteiger partial charge in [-0.2, -0.15) is 0 Å². The van der Waals surface area contributed by atoms with E-state index in [-0.39, 0.29) is 18.4 Å². The SMILES string of the molecule is COC(=O)C1=CC(O)C[C@H]2[C@]3(C)CC(c4ccoc4)OC(=O)[C@H]3CC(OC3OC(CO)C(O)C(O)C3O)[C@@]12C. The number of hydrogen-bond donors (Lipinski definition) is 5. The Balaban J connectivity index is 1.56. The third kappa shape index (κ3) is 4.42. The fraction of sp³-hybridized carbons (Fsp3) is 0.704. The van der Waals surface area contributed by atoms with Gasteiger partial charge in [-0.3, -0.25) is 4.79 Å². The van der Waals surface area contributed by atoms with Crippen LogP contribution in [0.15, 0.2) is 34.7 Å². The molecule has 0 bridgehead atoms. The molecule has 0 spiro atoms. The molecule has 12 nitrogen and oxygen atoms in total. The Labute approximate surface area is 225 Å². The van der Waals surface area contributed by atoms with Crippen LogP contribution in [0.5, 0.6) is 0 Å². The van der Waals surface area contributed by atoms with Gasteiger partial charge in [0.1, 0.15) is 30.5 Å². The summed E-state index contributed by atoms with van der Waals surface area (Å²) in [6.07, 6.45) is -5.02. The van der Waals surface area contributed by atoms with Crippen LogP contribution in [0.3, 0.4) is 0 Å². The summed E-state index contributed by atoms with van der Waals surface area (Å²) in [5.41, 5.74) is -1.02. The van der Waals surface area contributed by atoms with Gasteiger partial charge in [0.2, 0.25) is 0 Å². The quantitative estimate of drug-likeness (QED) is 0.308. The summed E-state index contributed by atoms with van der Waals surface area (Å²) in [7, 11) is 1.23. The maximum absolute atomic E-state index is 13.5. The molecule has 0 radical (unpaired) electrons. The molecule has 0 aromatic carbocycles. The van der Waals surface area contributed by atoms with Gasteiger partial charge in [0.25, 0.3) is 0 Å². The maximum atomic E-state index is 13.5. The first-order chi connectivity index (χ1) is 18.4. The van der Waals surface area contributed by atoms with Gasteiger partial charge < -0.3 is 48.9 Å². The molecule has 39 heavy (non-hydrogen) atoms. The summed E-state index contributed by atoms with van der Waals surface area (Å²) in [6, 6.07) is 1.73. The Bertz CT molecular complexity index is 1100. The Hall–Kier alpha value is -2.32. The largest absolute Gasteiger partial charge is 0.472 e. The first kappa shape index (κ1) is 28.2. The average molecular weight is 553 g/mol. The summed E-state index contributed by atoms with van der Waals surface area (Å²) in [6.45, 7) is 3.11. The number of aliphatic hydroxyl groups excluding tert-OH is 5. The van der Waals surface area contributed by atoms with Crippen molar-refractivity contribution in [2.75, 3.05) is 13.7 Å². The average Bonchev–Trinajstić information content (AvgIpc) is 3.45. The molecule has 1 aromatic rings. The van der Waals surface area contributed by atoms with E-state index in [1.165, 1.54) is 25.7 Å². The van der Waals surface area contributed by atoms with Crippen molar-refractivity contribution in [1.29, 1.82) is 0 Å². The van der Waals surface area contributed by atoms with Crippen molar-refractivity contribution >= 4 is 11.9 Å². The van der Waals surface area contributed by atoms with Crippen molar-refractivity contribution in [2.24, 2.45) is 22.7 Å². The number of fused-ring (bicyclic) bond motifs is 3. The highest BCUT2D eigenvalue weighted by atomic mass is 16.7. The van der Waals surface area contributed by atoms with Crippen molar-refractivity contribution < 1.29 is 58.5 Å². The van der Waals surface area contributed by atoms with E-state index >= 15 is 0 Å². The Morgan fingerprint density at radius 3 is 2.51 bits per heavy atom. The van der Waals surface area contributed by atoms with E-state index in [4.69, 9.17) is 23.4 Å². The van der Waals surface area contributed by atoms with Gasteiger partial charge in [0.15, 0.2) is 6.29 Å². The number of cyclic esters (lactones) is 1. The van der Waals surface area contributed by atoms with E-state index in [0.29, 0.717) is 12.0 Å². The van der Waals surface area contributed by atoms with Crippen LogP contribution in [-0.4, -0.2) is 94.1 Å². The highest BCUT2D eigenvalue weighted by molar-refractivity contribution is 5.91. The molecule has 2 aliphatic carbocycles. The number of rotatable bonds is 5. The molecule has 8 unspecified atom stereocenters. The van der Waals surface area contributed by atoms with Crippen LogP contribution in [0.4, 0.5) is 0 Å². The summed E-state index contributed by atoms with van der Waals surface area (Å²) in [4.78, 5) is 26.6. The molecule has 3 fully saturated rings. The van der Waals surface area contributed by atoms with Gasteiger partial charge in [0, 0.05) is 16.6 Å². The minimum absolute atomic E-state index is 0.0693. The molecule has 2 aliphatic heterocycles. The summed E-state index contributed by atoms with van der Waals surface area (Å²) >= 11 is 0. The van der Waals surface area contributed by atoms with Crippen molar-refractivity contribution in [1.82, 2.24) is 0 Å². The first-order valence-electron chi connectivity index (χ1n) is 13.1. The summed E-state index contributed by atoms with van der Waals surface area (Å²) in [5, 5.41) is 51.7. The topological polar surface area (TPSA) is 185 Å². The lowest BCUT2D eigenvalue weighted by molar-refractivity contribution is -0.329. The number of carbonyl (C=O) groups excluding carboxylic acids is 2. The zero-order valence-corrected chi connectivity index (χ0v) is 22.0. The van der Waals surface area contributed by atoms with Crippen LogP contribution in [0.25, 0.3) is 0 Å². The third-order valence-corrected chi connectivity index (χ3v) is 9.49. The summed E-state index contributed by atoms with van der Waals surface area (Å²) in [5.74, 6) is -2.33. The fourth-order valence-electron chi connectivity index (χ4n) is 7.33. The molecule has 12 heteroatoms. The number of carbonyl (C=O) groups is 2. The predicted octanol–water partition coefficient (Wildman–Crippen LogP) is -0.0346. The maximum Gasteiger partial charge on any atom is 0.334 e. The third-order valence-electron chi connectivity index (χ3n) is 9.49. The van der Waals surface area contributed by atoms with Crippen LogP contribution in [0.2, 0.25) is 0 Å². The molecule has 2 saturated heterocycles. The Kier molecular flexibility index (Phi) is 7.42. The van der Waals surface area contributed by atoms with Gasteiger partial charge in [0.05, 0.1) is 44.4 Å². The number of aliphatic hydroxyl groups is 5. The van der Waals surface area contributed by atoms with Crippen LogP contribution >= 0.6 is 0 Å². The number of ether oxygens (including phenoxy) is 4. The molecule has 5 rings (SSSR count). The molecule has 1 saturated carbocycles. The molecule has 5 N–H and O–H groups in total. The molecular weight excluding hydrogens is 516 g/mol. The van der Waals surface area contributed by atoms with Crippen LogP contribution in [0.1, 0.15) is 44.8 Å². The smallest absolute Gasteiger partial charge is 0.334 e. The monoisotopic (exact) mass is 552 g/mol. The zero-order chi connectivity index (χ0) is 28.3. The van der Waals surface area contributed by atoms with Gasteiger partial charge in [-0.15, -0.1) is 0 Å². The van der Waals surface area contributed by atoms with Crippen molar-refractivity contribution in [2.45, 2.75) is 82.1 Å². The van der Waals surface area contributed by atoms with Crippen molar-refractivity contribution in [3.05, 3.63) is 35.8 Å². The normalized spacial score (nSPS) is 45.9. The second kappa shape index (κ2) is 10.3. The van der Waals surface area contributed by atoms with E-state index < -0.39 is 90.2 Å². The van der Waals surface area contributed by atoms with Crippen LogP contribution in [-0.2, 0) is 28.5 Å². The van der Waals surface area contributed by atoms with E-state index in [1.54, 1.807) is 13.0 Å². The molecule has 12 atom stereocenters. The fourth-order valence-corrected chi connectivity index (χ4v) is 7.33. The lowest BCUT2D eigenvalue weighted by Crippen LogP contribution is -2.65. The van der Waals surface area contributed by atoms with Crippen molar-refractivity contribution in [3.8, 4) is 0 Å². The number of esters is 2. The molecule has 3 heterocycles. The molecule has 1 aromatic heterocycles. The Morgan fingerprint density at radius 2 is 1.87 bits per heavy atom. The van der Waals surface area contributed by atoms with Crippen LogP contribution < -0.4 is 0 Å². The van der Waals surface area contributed by atoms with E-state index in [2.05, 4.69) is 0 Å². The van der Waals surface area contributed by atoms with E-state index in [9.17, 15) is 35.1 Å².